The first-order valence-electron chi connectivity index (χ1n) is 12.3. The summed E-state index contributed by atoms with van der Waals surface area (Å²) in [6.07, 6.45) is 1.03. The van der Waals surface area contributed by atoms with Crippen molar-refractivity contribution in [3.63, 3.8) is 0 Å². The maximum absolute atomic E-state index is 6.57. The SMILES string of the molecule is Cc1cc(C)cc(P(c2cc(C)cc(C)c2)c2ccccc2C2=N[C@@H]3c4ccccc4C[C@@H]3O2)c1. The molecule has 2 atom stereocenters. The van der Waals surface area contributed by atoms with Crippen LogP contribution in [0.5, 0.6) is 0 Å². The minimum absolute atomic E-state index is 0.0999. The zero-order chi connectivity index (χ0) is 24.1. The Morgan fingerprint density at radius 3 is 1.94 bits per heavy atom. The van der Waals surface area contributed by atoms with Gasteiger partial charge in [-0.25, -0.2) is 4.99 Å². The van der Waals surface area contributed by atoms with Crippen molar-refractivity contribution in [2.45, 2.75) is 46.3 Å². The van der Waals surface area contributed by atoms with E-state index in [0.29, 0.717) is 0 Å². The molecule has 0 amide bonds. The molecular weight excluding hydrogens is 445 g/mol. The lowest BCUT2D eigenvalue weighted by Gasteiger charge is -2.24. The van der Waals surface area contributed by atoms with Gasteiger partial charge in [0.05, 0.1) is 0 Å². The van der Waals surface area contributed by atoms with E-state index in [9.17, 15) is 0 Å². The van der Waals surface area contributed by atoms with Crippen LogP contribution < -0.4 is 15.9 Å². The highest BCUT2D eigenvalue weighted by Gasteiger charge is 2.40. The Bertz CT molecular complexity index is 1380. The number of ether oxygens (including phenoxy) is 1. The number of rotatable bonds is 4. The monoisotopic (exact) mass is 475 g/mol. The molecule has 2 nitrogen and oxygen atoms in total. The summed E-state index contributed by atoms with van der Waals surface area (Å²) in [5.41, 5.74) is 9.01. The van der Waals surface area contributed by atoms with E-state index in [1.165, 1.54) is 49.3 Å². The van der Waals surface area contributed by atoms with Gasteiger partial charge in [0.25, 0.3) is 0 Å². The summed E-state index contributed by atoms with van der Waals surface area (Å²) in [4.78, 5) is 5.17. The molecule has 0 spiro atoms. The molecule has 2 aliphatic rings. The molecule has 4 aromatic carbocycles. The fourth-order valence-corrected chi connectivity index (χ4v) is 8.50. The number of hydrogen-bond donors (Lipinski definition) is 0. The van der Waals surface area contributed by atoms with Crippen molar-refractivity contribution in [3.05, 3.63) is 124 Å². The van der Waals surface area contributed by atoms with Crippen molar-refractivity contribution in [3.8, 4) is 0 Å². The van der Waals surface area contributed by atoms with Crippen molar-refractivity contribution < 1.29 is 4.74 Å². The predicted octanol–water partition coefficient (Wildman–Crippen LogP) is 6.12. The molecule has 0 saturated heterocycles. The first-order chi connectivity index (χ1) is 17.0. The number of aliphatic imine (C=N–C) groups is 1. The lowest BCUT2D eigenvalue weighted by molar-refractivity contribution is 0.206. The highest BCUT2D eigenvalue weighted by atomic mass is 31.1. The normalized spacial score (nSPS) is 18.3. The van der Waals surface area contributed by atoms with Crippen molar-refractivity contribution >= 4 is 29.7 Å². The summed E-state index contributed by atoms with van der Waals surface area (Å²) in [6, 6.07) is 31.4. The van der Waals surface area contributed by atoms with Crippen LogP contribution in [0.1, 0.15) is 45.0 Å². The zero-order valence-electron chi connectivity index (χ0n) is 20.7. The maximum Gasteiger partial charge on any atom is 0.217 e. The second-order valence-corrected chi connectivity index (χ2v) is 12.2. The van der Waals surface area contributed by atoms with Gasteiger partial charge in [0.15, 0.2) is 0 Å². The third kappa shape index (κ3) is 4.11. The average Bonchev–Trinajstić information content (AvgIpc) is 3.36. The van der Waals surface area contributed by atoms with Crippen LogP contribution in [0.4, 0.5) is 0 Å². The second-order valence-electron chi connectivity index (χ2n) is 9.98. The van der Waals surface area contributed by atoms with E-state index in [1.807, 2.05) is 0 Å². The number of aryl methyl sites for hydroxylation is 4. The lowest BCUT2D eigenvalue weighted by atomic mass is 10.1. The topological polar surface area (TPSA) is 21.6 Å². The first kappa shape index (κ1) is 22.3. The van der Waals surface area contributed by atoms with Crippen LogP contribution in [-0.2, 0) is 11.2 Å². The van der Waals surface area contributed by atoms with Gasteiger partial charge in [-0.3, -0.25) is 0 Å². The summed E-state index contributed by atoms with van der Waals surface area (Å²) in [5.74, 6) is 0.798. The highest BCUT2D eigenvalue weighted by molar-refractivity contribution is 7.80. The van der Waals surface area contributed by atoms with Gasteiger partial charge in [0.2, 0.25) is 5.90 Å². The zero-order valence-corrected chi connectivity index (χ0v) is 21.6. The Morgan fingerprint density at radius 1 is 0.714 bits per heavy atom. The standard InChI is InChI=1S/C32H30NOP/c1-20-13-21(2)16-25(15-20)35(26-17-22(3)14-23(4)18-26)30-12-8-7-11-28(30)32-33-31-27-10-6-5-9-24(27)19-29(31)34-32/h5-18,29,31H,19H2,1-4H3/t29-,31+/m0/s1. The number of benzene rings is 4. The first-order valence-corrected chi connectivity index (χ1v) is 13.7. The molecule has 0 unspecified atom stereocenters. The van der Waals surface area contributed by atoms with Gasteiger partial charge in [-0.2, -0.15) is 0 Å². The summed E-state index contributed by atoms with van der Waals surface area (Å²) >= 11 is 0. The van der Waals surface area contributed by atoms with E-state index >= 15 is 0 Å². The summed E-state index contributed by atoms with van der Waals surface area (Å²) < 4.78 is 6.57. The van der Waals surface area contributed by atoms with E-state index in [0.717, 1.165) is 17.9 Å². The molecule has 174 valence electrons. The maximum atomic E-state index is 6.57. The van der Waals surface area contributed by atoms with Gasteiger partial charge in [-0.05, 0) is 68.7 Å². The van der Waals surface area contributed by atoms with Gasteiger partial charge < -0.3 is 4.74 Å². The smallest absolute Gasteiger partial charge is 0.217 e. The van der Waals surface area contributed by atoms with Crippen LogP contribution in [0.25, 0.3) is 0 Å². The Labute approximate surface area is 209 Å². The van der Waals surface area contributed by atoms with Crippen LogP contribution in [0.15, 0.2) is 89.9 Å². The molecule has 35 heavy (non-hydrogen) atoms. The molecule has 0 fully saturated rings. The van der Waals surface area contributed by atoms with Crippen LogP contribution in [0.3, 0.4) is 0 Å². The largest absolute Gasteiger partial charge is 0.471 e. The molecule has 1 heterocycles. The highest BCUT2D eigenvalue weighted by Crippen LogP contribution is 2.42. The van der Waals surface area contributed by atoms with Crippen molar-refractivity contribution in [2.24, 2.45) is 4.99 Å². The summed E-state index contributed by atoms with van der Waals surface area (Å²) in [6.45, 7) is 8.78. The van der Waals surface area contributed by atoms with Gasteiger partial charge in [0.1, 0.15) is 12.1 Å². The third-order valence-corrected chi connectivity index (χ3v) is 9.39. The van der Waals surface area contributed by atoms with Crippen LogP contribution in [0.2, 0.25) is 0 Å². The molecule has 0 aromatic heterocycles. The second kappa shape index (κ2) is 8.77. The molecule has 4 aromatic rings. The Kier molecular flexibility index (Phi) is 5.58. The van der Waals surface area contributed by atoms with Crippen LogP contribution >= 0.6 is 7.92 Å². The molecule has 6 rings (SSSR count). The van der Waals surface area contributed by atoms with Crippen LogP contribution in [-0.4, -0.2) is 12.0 Å². The Balaban J connectivity index is 1.51. The molecule has 0 bridgehead atoms. The third-order valence-electron chi connectivity index (χ3n) is 6.97. The summed E-state index contributed by atoms with van der Waals surface area (Å²) in [7, 11) is -0.776. The number of nitrogens with zero attached hydrogens (tertiary/aromatic N) is 1. The molecule has 0 N–H and O–H groups in total. The molecule has 0 radical (unpaired) electrons. The van der Waals surface area contributed by atoms with Crippen molar-refractivity contribution in [1.29, 1.82) is 0 Å². The molecule has 0 saturated carbocycles. The van der Waals surface area contributed by atoms with E-state index < -0.39 is 7.92 Å². The Hall–Kier alpha value is -3.22. The minimum atomic E-state index is -0.776. The van der Waals surface area contributed by atoms with Gasteiger partial charge >= 0.3 is 0 Å². The number of fused-ring (bicyclic) bond motifs is 3. The van der Waals surface area contributed by atoms with Crippen molar-refractivity contribution in [2.75, 3.05) is 0 Å². The Morgan fingerprint density at radius 2 is 1.29 bits per heavy atom. The van der Waals surface area contributed by atoms with E-state index in [-0.39, 0.29) is 12.1 Å². The average molecular weight is 476 g/mol. The molecule has 3 heteroatoms. The quantitative estimate of drug-likeness (QED) is 0.326. The van der Waals surface area contributed by atoms with E-state index in [4.69, 9.17) is 9.73 Å². The van der Waals surface area contributed by atoms with Gasteiger partial charge in [-0.1, -0.05) is 101 Å². The number of hydrogen-bond acceptors (Lipinski definition) is 2. The van der Waals surface area contributed by atoms with Crippen LogP contribution in [0, 0.1) is 27.7 Å². The fourth-order valence-electron chi connectivity index (χ4n) is 5.67. The van der Waals surface area contributed by atoms with E-state index in [2.05, 4.69) is 113 Å². The lowest BCUT2D eigenvalue weighted by Crippen LogP contribution is -2.27. The summed E-state index contributed by atoms with van der Waals surface area (Å²) in [5, 5.41) is 4.06. The fraction of sp³-hybridized carbons (Fsp3) is 0.219. The van der Waals surface area contributed by atoms with Gasteiger partial charge in [0, 0.05) is 12.0 Å². The van der Waals surface area contributed by atoms with Crippen molar-refractivity contribution in [1.82, 2.24) is 0 Å². The molecule has 1 aliphatic heterocycles. The predicted molar refractivity (Wildman–Crippen MR) is 148 cm³/mol. The minimum Gasteiger partial charge on any atom is -0.471 e. The van der Waals surface area contributed by atoms with E-state index in [1.54, 1.807) is 0 Å². The van der Waals surface area contributed by atoms with Gasteiger partial charge in [-0.15, -0.1) is 0 Å². The molecular formula is C32H30NOP. The molecule has 1 aliphatic carbocycles.